The molecular formula is C13H20N2O2S. The van der Waals surface area contributed by atoms with Crippen LogP contribution in [0.4, 0.5) is 0 Å². The quantitative estimate of drug-likeness (QED) is 0.881. The van der Waals surface area contributed by atoms with Gasteiger partial charge < -0.3 is 5.32 Å². The molecule has 2 atom stereocenters. The molecule has 0 bridgehead atoms. The Kier molecular flexibility index (Phi) is 3.75. The number of rotatable bonds is 2. The molecule has 0 saturated carbocycles. The zero-order chi connectivity index (χ0) is 13.3. The first-order valence-electron chi connectivity index (χ1n) is 6.22. The van der Waals surface area contributed by atoms with E-state index in [4.69, 9.17) is 0 Å². The van der Waals surface area contributed by atoms with Crippen molar-refractivity contribution in [3.8, 4) is 0 Å². The molecule has 0 spiro atoms. The predicted molar refractivity (Wildman–Crippen MR) is 72.0 cm³/mol. The second kappa shape index (κ2) is 4.99. The summed E-state index contributed by atoms with van der Waals surface area (Å²) in [6, 6.07) is 7.41. The lowest BCUT2D eigenvalue weighted by Crippen LogP contribution is -2.55. The van der Waals surface area contributed by atoms with Gasteiger partial charge in [0, 0.05) is 25.2 Å². The Balaban J connectivity index is 2.28. The highest BCUT2D eigenvalue weighted by molar-refractivity contribution is 7.89. The van der Waals surface area contributed by atoms with Gasteiger partial charge in [-0.15, -0.1) is 0 Å². The van der Waals surface area contributed by atoms with E-state index in [2.05, 4.69) is 5.32 Å². The molecule has 0 aliphatic carbocycles. The van der Waals surface area contributed by atoms with Crippen LogP contribution in [0, 0.1) is 6.92 Å². The summed E-state index contributed by atoms with van der Waals surface area (Å²) in [6.07, 6.45) is 0. The third-order valence-electron chi connectivity index (χ3n) is 3.18. The molecule has 2 rings (SSSR count). The highest BCUT2D eigenvalue weighted by atomic mass is 32.2. The average Bonchev–Trinajstić information content (AvgIpc) is 2.28. The summed E-state index contributed by atoms with van der Waals surface area (Å²) < 4.78 is 26.5. The maximum absolute atomic E-state index is 12.5. The number of benzene rings is 1. The summed E-state index contributed by atoms with van der Waals surface area (Å²) in [5.74, 6) is 0. The van der Waals surface area contributed by atoms with Crippen molar-refractivity contribution in [3.05, 3.63) is 29.8 Å². The Morgan fingerprint density at radius 3 is 2.11 bits per heavy atom. The monoisotopic (exact) mass is 268 g/mol. The van der Waals surface area contributed by atoms with Crippen molar-refractivity contribution in [3.63, 3.8) is 0 Å². The lowest BCUT2D eigenvalue weighted by Gasteiger charge is -2.35. The number of aryl methyl sites for hydroxylation is 1. The smallest absolute Gasteiger partial charge is 0.243 e. The van der Waals surface area contributed by atoms with Crippen molar-refractivity contribution in [2.45, 2.75) is 37.8 Å². The fraction of sp³-hybridized carbons (Fsp3) is 0.538. The van der Waals surface area contributed by atoms with E-state index in [-0.39, 0.29) is 12.1 Å². The van der Waals surface area contributed by atoms with E-state index >= 15 is 0 Å². The van der Waals surface area contributed by atoms with Gasteiger partial charge in [-0.1, -0.05) is 17.7 Å². The molecule has 0 aromatic heterocycles. The molecule has 18 heavy (non-hydrogen) atoms. The van der Waals surface area contributed by atoms with Gasteiger partial charge in [0.05, 0.1) is 4.90 Å². The topological polar surface area (TPSA) is 49.4 Å². The third kappa shape index (κ3) is 2.74. The SMILES string of the molecule is Cc1ccc(S(=O)(=O)N2CC(C)NC(C)C2)cc1. The highest BCUT2D eigenvalue weighted by Crippen LogP contribution is 2.19. The maximum Gasteiger partial charge on any atom is 0.243 e. The summed E-state index contributed by atoms with van der Waals surface area (Å²) in [5, 5.41) is 3.34. The summed E-state index contributed by atoms with van der Waals surface area (Å²) in [4.78, 5) is 0.384. The number of sulfonamides is 1. The van der Waals surface area contributed by atoms with Crippen LogP contribution in [0.2, 0.25) is 0 Å². The zero-order valence-electron chi connectivity index (χ0n) is 11.1. The number of piperazine rings is 1. The molecule has 4 nitrogen and oxygen atoms in total. The molecule has 5 heteroatoms. The van der Waals surface area contributed by atoms with Crippen LogP contribution in [0.3, 0.4) is 0 Å². The number of nitrogens with one attached hydrogen (secondary N) is 1. The van der Waals surface area contributed by atoms with Gasteiger partial charge in [0.15, 0.2) is 0 Å². The molecule has 100 valence electrons. The first kappa shape index (κ1) is 13.5. The fourth-order valence-electron chi connectivity index (χ4n) is 2.33. The van der Waals surface area contributed by atoms with Crippen LogP contribution < -0.4 is 5.32 Å². The standard InChI is InChI=1S/C13H20N2O2S/c1-10-4-6-13(7-5-10)18(16,17)15-8-11(2)14-12(3)9-15/h4-7,11-12,14H,8-9H2,1-3H3. The van der Waals surface area contributed by atoms with Crippen LogP contribution in [-0.2, 0) is 10.0 Å². The first-order chi connectivity index (χ1) is 8.39. The second-order valence-corrected chi connectivity index (χ2v) is 7.04. The Hall–Kier alpha value is -0.910. The fourth-order valence-corrected chi connectivity index (χ4v) is 3.95. The van der Waals surface area contributed by atoms with Crippen molar-refractivity contribution in [2.24, 2.45) is 0 Å². The van der Waals surface area contributed by atoms with Crippen LogP contribution in [0.1, 0.15) is 19.4 Å². The van der Waals surface area contributed by atoms with Gasteiger partial charge in [0.2, 0.25) is 10.0 Å². The van der Waals surface area contributed by atoms with Crippen molar-refractivity contribution in [1.82, 2.24) is 9.62 Å². The molecule has 1 aliphatic rings. The third-order valence-corrected chi connectivity index (χ3v) is 5.03. The van der Waals surface area contributed by atoms with E-state index in [9.17, 15) is 8.42 Å². The normalized spacial score (nSPS) is 26.2. The van der Waals surface area contributed by atoms with E-state index in [0.29, 0.717) is 18.0 Å². The van der Waals surface area contributed by atoms with Gasteiger partial charge in [-0.3, -0.25) is 0 Å². The van der Waals surface area contributed by atoms with Crippen LogP contribution in [0.15, 0.2) is 29.2 Å². The Morgan fingerprint density at radius 1 is 1.11 bits per heavy atom. The lowest BCUT2D eigenvalue weighted by atomic mass is 10.2. The van der Waals surface area contributed by atoms with E-state index in [1.165, 1.54) is 0 Å². The van der Waals surface area contributed by atoms with Gasteiger partial charge in [0.25, 0.3) is 0 Å². The van der Waals surface area contributed by atoms with Gasteiger partial charge in [-0.05, 0) is 32.9 Å². The number of hydrogen-bond acceptors (Lipinski definition) is 3. The summed E-state index contributed by atoms with van der Waals surface area (Å²) in [6.45, 7) is 7.02. The second-order valence-electron chi connectivity index (χ2n) is 5.10. The van der Waals surface area contributed by atoms with Crippen LogP contribution in [0.5, 0.6) is 0 Å². The van der Waals surface area contributed by atoms with Crippen LogP contribution in [0.25, 0.3) is 0 Å². The van der Waals surface area contributed by atoms with E-state index < -0.39 is 10.0 Å². The van der Waals surface area contributed by atoms with Gasteiger partial charge in [0.1, 0.15) is 0 Å². The molecule has 1 fully saturated rings. The Morgan fingerprint density at radius 2 is 1.61 bits per heavy atom. The lowest BCUT2D eigenvalue weighted by molar-refractivity contribution is 0.263. The van der Waals surface area contributed by atoms with Gasteiger partial charge in [-0.25, -0.2) is 8.42 Å². The van der Waals surface area contributed by atoms with E-state index in [0.717, 1.165) is 5.56 Å². The van der Waals surface area contributed by atoms with Crippen molar-refractivity contribution in [2.75, 3.05) is 13.1 Å². The molecule has 1 aromatic carbocycles. The number of nitrogens with zero attached hydrogens (tertiary/aromatic N) is 1. The minimum Gasteiger partial charge on any atom is -0.309 e. The van der Waals surface area contributed by atoms with Gasteiger partial charge in [-0.2, -0.15) is 4.31 Å². The zero-order valence-corrected chi connectivity index (χ0v) is 11.9. The molecule has 1 aromatic rings. The molecule has 1 N–H and O–H groups in total. The molecule has 0 radical (unpaired) electrons. The molecule has 0 amide bonds. The highest BCUT2D eigenvalue weighted by Gasteiger charge is 2.31. The van der Waals surface area contributed by atoms with Crippen molar-refractivity contribution >= 4 is 10.0 Å². The predicted octanol–water partition coefficient (Wildman–Crippen LogP) is 1.37. The minimum absolute atomic E-state index is 0.189. The van der Waals surface area contributed by atoms with E-state index in [1.54, 1.807) is 16.4 Å². The van der Waals surface area contributed by atoms with E-state index in [1.807, 2.05) is 32.9 Å². The molecule has 2 unspecified atom stereocenters. The summed E-state index contributed by atoms with van der Waals surface area (Å²) in [7, 11) is -3.35. The Bertz CT molecular complexity index is 500. The summed E-state index contributed by atoms with van der Waals surface area (Å²) in [5.41, 5.74) is 1.07. The Labute approximate surface area is 109 Å². The molecule has 1 saturated heterocycles. The van der Waals surface area contributed by atoms with Gasteiger partial charge >= 0.3 is 0 Å². The van der Waals surface area contributed by atoms with Crippen molar-refractivity contribution in [1.29, 1.82) is 0 Å². The van der Waals surface area contributed by atoms with Crippen molar-refractivity contribution < 1.29 is 8.42 Å². The molecule has 1 aliphatic heterocycles. The van der Waals surface area contributed by atoms with Crippen LogP contribution in [-0.4, -0.2) is 37.9 Å². The van der Waals surface area contributed by atoms with Crippen LogP contribution >= 0.6 is 0 Å². The molecular weight excluding hydrogens is 248 g/mol. The minimum atomic E-state index is -3.35. The maximum atomic E-state index is 12.5. The average molecular weight is 268 g/mol. The first-order valence-corrected chi connectivity index (χ1v) is 7.66. The largest absolute Gasteiger partial charge is 0.309 e. The number of hydrogen-bond donors (Lipinski definition) is 1. The summed E-state index contributed by atoms with van der Waals surface area (Å²) >= 11 is 0. The molecule has 1 heterocycles.